The van der Waals surface area contributed by atoms with Crippen molar-refractivity contribution in [2.45, 2.75) is 33.6 Å². The zero-order chi connectivity index (χ0) is 13.1. The van der Waals surface area contributed by atoms with Gasteiger partial charge in [0.2, 0.25) is 0 Å². The van der Waals surface area contributed by atoms with Crippen molar-refractivity contribution in [1.29, 1.82) is 0 Å². The van der Waals surface area contributed by atoms with Gasteiger partial charge in [-0.25, -0.2) is 0 Å². The van der Waals surface area contributed by atoms with E-state index in [2.05, 4.69) is 0 Å². The Bertz CT molecular complexity index is 330. The highest BCUT2D eigenvalue weighted by Gasteiger charge is 2.64. The fourth-order valence-electron chi connectivity index (χ4n) is 2.27. The van der Waals surface area contributed by atoms with Gasteiger partial charge < -0.3 is 9.84 Å². The number of hydrogen-bond acceptors (Lipinski definition) is 3. The summed E-state index contributed by atoms with van der Waals surface area (Å²) in [5, 5.41) is 9.08. The van der Waals surface area contributed by atoms with Crippen LogP contribution < -0.4 is 0 Å². The minimum absolute atomic E-state index is 0.179. The molecule has 0 spiro atoms. The molecule has 0 bridgehead atoms. The van der Waals surface area contributed by atoms with Crippen LogP contribution in [0.3, 0.4) is 0 Å². The van der Waals surface area contributed by atoms with Gasteiger partial charge in [-0.05, 0) is 11.8 Å². The van der Waals surface area contributed by atoms with Crippen molar-refractivity contribution in [2.75, 3.05) is 6.61 Å². The number of rotatable bonds is 7. The van der Waals surface area contributed by atoms with Gasteiger partial charge >= 0.3 is 5.97 Å². The number of allylic oxidation sites excluding steroid dienone is 2. The van der Waals surface area contributed by atoms with Crippen LogP contribution in [0.5, 0.6) is 0 Å². The Hall–Kier alpha value is -1.32. The van der Waals surface area contributed by atoms with E-state index in [9.17, 15) is 9.59 Å². The minimum Gasteiger partial charge on any atom is -0.497 e. The molecule has 1 N–H and O–H groups in total. The molecule has 1 aliphatic rings. The number of carboxylic acids is 1. The van der Waals surface area contributed by atoms with Crippen LogP contribution in [-0.2, 0) is 14.3 Å². The van der Waals surface area contributed by atoms with Gasteiger partial charge in [0.05, 0.1) is 12.5 Å². The summed E-state index contributed by atoms with van der Waals surface area (Å²) < 4.78 is 5.53. The smallest absolute Gasteiger partial charge is 0.307 e. The lowest BCUT2D eigenvalue weighted by Gasteiger charge is -2.10. The molecule has 0 amide bonds. The highest BCUT2D eigenvalue weighted by molar-refractivity contribution is 5.77. The van der Waals surface area contributed by atoms with Crippen molar-refractivity contribution in [3.05, 3.63) is 11.8 Å². The fraction of sp³-hybridized carbons (Fsp3) is 0.692. The van der Waals surface area contributed by atoms with Crippen molar-refractivity contribution < 1.29 is 19.4 Å². The van der Waals surface area contributed by atoms with Crippen LogP contribution >= 0.6 is 0 Å². The van der Waals surface area contributed by atoms with Crippen molar-refractivity contribution in [3.63, 3.8) is 0 Å². The number of carbonyl (C=O) groups excluding carboxylic acids is 1. The molecular formula is C13H20O4. The SMILES string of the molecule is CCCCOC(=CC=O)C1C(C(=O)O)C1(C)C. The number of ether oxygens (including phenoxy) is 1. The van der Waals surface area contributed by atoms with Crippen LogP contribution in [0.1, 0.15) is 33.6 Å². The summed E-state index contributed by atoms with van der Waals surface area (Å²) in [7, 11) is 0. The zero-order valence-electron chi connectivity index (χ0n) is 10.6. The first kappa shape index (κ1) is 13.7. The average Bonchev–Trinajstić information content (AvgIpc) is 2.81. The monoisotopic (exact) mass is 240 g/mol. The lowest BCUT2D eigenvalue weighted by atomic mass is 10.1. The van der Waals surface area contributed by atoms with E-state index >= 15 is 0 Å². The van der Waals surface area contributed by atoms with Gasteiger partial charge in [0.15, 0.2) is 0 Å². The van der Waals surface area contributed by atoms with E-state index in [0.29, 0.717) is 18.7 Å². The maximum atomic E-state index is 11.1. The fourth-order valence-corrected chi connectivity index (χ4v) is 2.27. The normalized spacial score (nSPS) is 26.4. The number of unbranched alkanes of at least 4 members (excludes halogenated alkanes) is 1. The van der Waals surface area contributed by atoms with Gasteiger partial charge in [0, 0.05) is 12.0 Å². The Morgan fingerprint density at radius 2 is 2.06 bits per heavy atom. The van der Waals surface area contributed by atoms with E-state index in [1.165, 1.54) is 6.08 Å². The standard InChI is InChI=1S/C13H20O4/c1-4-5-8-17-9(6-7-14)10-11(12(15)16)13(10,2)3/h6-7,10-11H,4-5,8H2,1-3H3,(H,15,16). The Balaban J connectivity index is 2.70. The molecule has 1 rings (SSSR count). The van der Waals surface area contributed by atoms with E-state index in [1.807, 2.05) is 20.8 Å². The molecule has 2 atom stereocenters. The quantitative estimate of drug-likeness (QED) is 0.321. The van der Waals surface area contributed by atoms with Gasteiger partial charge in [-0.15, -0.1) is 0 Å². The molecule has 96 valence electrons. The van der Waals surface area contributed by atoms with Crippen LogP contribution in [0.15, 0.2) is 11.8 Å². The lowest BCUT2D eigenvalue weighted by molar-refractivity contribution is -0.139. The summed E-state index contributed by atoms with van der Waals surface area (Å²) >= 11 is 0. The average molecular weight is 240 g/mol. The maximum absolute atomic E-state index is 11.1. The van der Waals surface area contributed by atoms with Crippen molar-refractivity contribution in [2.24, 2.45) is 17.3 Å². The zero-order valence-corrected chi connectivity index (χ0v) is 10.6. The molecule has 4 nitrogen and oxygen atoms in total. The Morgan fingerprint density at radius 1 is 1.41 bits per heavy atom. The van der Waals surface area contributed by atoms with Crippen LogP contribution in [0.4, 0.5) is 0 Å². The molecule has 2 unspecified atom stereocenters. The number of hydrogen-bond donors (Lipinski definition) is 1. The summed E-state index contributed by atoms with van der Waals surface area (Å²) in [4.78, 5) is 21.6. The maximum Gasteiger partial charge on any atom is 0.307 e. The molecule has 0 heterocycles. The van der Waals surface area contributed by atoms with E-state index in [4.69, 9.17) is 9.84 Å². The van der Waals surface area contributed by atoms with Gasteiger partial charge in [-0.2, -0.15) is 0 Å². The van der Waals surface area contributed by atoms with E-state index in [-0.39, 0.29) is 11.3 Å². The van der Waals surface area contributed by atoms with E-state index < -0.39 is 11.9 Å². The third kappa shape index (κ3) is 2.87. The van der Waals surface area contributed by atoms with Crippen molar-refractivity contribution >= 4 is 12.3 Å². The van der Waals surface area contributed by atoms with Gasteiger partial charge in [0.25, 0.3) is 0 Å². The predicted molar refractivity (Wildman–Crippen MR) is 63.4 cm³/mol. The molecule has 17 heavy (non-hydrogen) atoms. The van der Waals surface area contributed by atoms with Crippen molar-refractivity contribution in [3.8, 4) is 0 Å². The lowest BCUT2D eigenvalue weighted by Crippen LogP contribution is -2.04. The molecule has 1 fully saturated rings. The Kier molecular flexibility index (Phi) is 4.32. The van der Waals surface area contributed by atoms with Gasteiger partial charge in [0.1, 0.15) is 12.0 Å². The van der Waals surface area contributed by atoms with Crippen LogP contribution in [0, 0.1) is 17.3 Å². The van der Waals surface area contributed by atoms with Gasteiger partial charge in [-0.1, -0.05) is 27.2 Å². The summed E-state index contributed by atoms with van der Waals surface area (Å²) in [6.45, 7) is 6.36. The highest BCUT2D eigenvalue weighted by Crippen LogP contribution is 2.61. The number of aldehydes is 1. The van der Waals surface area contributed by atoms with Crippen LogP contribution in [0.2, 0.25) is 0 Å². The second-order valence-corrected chi connectivity index (χ2v) is 5.02. The topological polar surface area (TPSA) is 63.6 Å². The van der Waals surface area contributed by atoms with Crippen molar-refractivity contribution in [1.82, 2.24) is 0 Å². The summed E-state index contributed by atoms with van der Waals surface area (Å²) in [6.07, 6.45) is 3.92. The molecule has 0 aromatic heterocycles. The molecule has 0 aromatic rings. The third-order valence-corrected chi connectivity index (χ3v) is 3.40. The minimum atomic E-state index is -0.823. The molecule has 4 heteroatoms. The first-order valence-corrected chi connectivity index (χ1v) is 5.97. The summed E-state index contributed by atoms with van der Waals surface area (Å²) in [5.41, 5.74) is -0.326. The first-order chi connectivity index (χ1) is 7.96. The third-order valence-electron chi connectivity index (χ3n) is 3.40. The second-order valence-electron chi connectivity index (χ2n) is 5.02. The molecular weight excluding hydrogens is 220 g/mol. The second kappa shape index (κ2) is 5.34. The molecule has 0 aliphatic heterocycles. The van der Waals surface area contributed by atoms with Crippen LogP contribution in [0.25, 0.3) is 0 Å². The number of carbonyl (C=O) groups is 2. The number of aliphatic carboxylic acids is 1. The first-order valence-electron chi connectivity index (χ1n) is 5.97. The molecule has 1 aliphatic carbocycles. The van der Waals surface area contributed by atoms with E-state index in [0.717, 1.165) is 12.8 Å². The summed E-state index contributed by atoms with van der Waals surface area (Å²) in [6, 6.07) is 0. The molecule has 0 saturated heterocycles. The highest BCUT2D eigenvalue weighted by atomic mass is 16.5. The van der Waals surface area contributed by atoms with Gasteiger partial charge in [-0.3, -0.25) is 9.59 Å². The summed E-state index contributed by atoms with van der Waals surface area (Å²) in [5.74, 6) is -0.931. The number of carboxylic acid groups (broad SMARTS) is 1. The predicted octanol–water partition coefficient (Wildman–Crippen LogP) is 2.24. The largest absolute Gasteiger partial charge is 0.497 e. The molecule has 1 saturated carbocycles. The Morgan fingerprint density at radius 3 is 2.47 bits per heavy atom. The van der Waals surface area contributed by atoms with E-state index in [1.54, 1.807) is 0 Å². The molecule has 0 aromatic carbocycles. The Labute approximate surface area is 102 Å². The molecule has 0 radical (unpaired) electrons. The van der Waals surface area contributed by atoms with Crippen LogP contribution in [-0.4, -0.2) is 24.0 Å².